The maximum absolute atomic E-state index is 13.1. The van der Waals surface area contributed by atoms with Gasteiger partial charge in [0.25, 0.3) is 5.91 Å². The molecule has 1 aliphatic rings. The largest absolute Gasteiger partial charge is 0.346 e. The molecule has 146 valence electrons. The summed E-state index contributed by atoms with van der Waals surface area (Å²) >= 11 is 0. The fraction of sp³-hybridized carbons (Fsp3) is 0.0909. The molecule has 4 rings (SSSR count). The topological polar surface area (TPSA) is 80.3 Å². The Balaban J connectivity index is 1.68. The number of hydrogen-bond donors (Lipinski definition) is 1. The number of rotatable bonds is 3. The van der Waals surface area contributed by atoms with Gasteiger partial charge in [-0.2, -0.15) is 0 Å². The van der Waals surface area contributed by atoms with Gasteiger partial charge in [0.1, 0.15) is 5.82 Å². The van der Waals surface area contributed by atoms with Crippen molar-refractivity contribution in [1.82, 2.24) is 5.32 Å². The van der Waals surface area contributed by atoms with E-state index in [-0.39, 0.29) is 32.3 Å². The molecular formula is C22H16FNO4S. The fourth-order valence-electron chi connectivity index (χ4n) is 3.34. The first-order chi connectivity index (χ1) is 13.8. The molecule has 7 heteroatoms. The van der Waals surface area contributed by atoms with Crippen LogP contribution in [-0.2, 0) is 9.84 Å². The number of nitrogens with one attached hydrogen (secondary N) is 1. The maximum atomic E-state index is 13.1. The van der Waals surface area contributed by atoms with Gasteiger partial charge in [-0.1, -0.05) is 24.3 Å². The monoisotopic (exact) mass is 409 g/mol. The normalized spacial score (nSPS) is 15.2. The minimum Gasteiger partial charge on any atom is -0.346 e. The van der Waals surface area contributed by atoms with Crippen LogP contribution in [0.4, 0.5) is 4.39 Å². The lowest BCUT2D eigenvalue weighted by atomic mass is 10.0. The molecule has 29 heavy (non-hydrogen) atoms. The highest BCUT2D eigenvalue weighted by molar-refractivity contribution is 7.91. The van der Waals surface area contributed by atoms with Crippen molar-refractivity contribution >= 4 is 21.5 Å². The van der Waals surface area contributed by atoms with Gasteiger partial charge in [-0.15, -0.1) is 0 Å². The smallest absolute Gasteiger partial charge is 0.251 e. The van der Waals surface area contributed by atoms with Gasteiger partial charge in [0, 0.05) is 16.7 Å². The van der Waals surface area contributed by atoms with Crippen LogP contribution >= 0.6 is 0 Å². The number of halogens is 1. The van der Waals surface area contributed by atoms with Crippen molar-refractivity contribution < 1.29 is 22.4 Å². The summed E-state index contributed by atoms with van der Waals surface area (Å²) in [6, 6.07) is 15.3. The first kappa shape index (κ1) is 19.0. The number of amides is 1. The van der Waals surface area contributed by atoms with E-state index in [1.807, 2.05) is 0 Å². The number of carbonyl (C=O) groups is 2. The molecule has 1 N–H and O–H groups in total. The Hall–Kier alpha value is -3.32. The number of ketones is 1. The van der Waals surface area contributed by atoms with E-state index in [2.05, 4.69) is 5.32 Å². The van der Waals surface area contributed by atoms with E-state index in [9.17, 15) is 22.4 Å². The third-order valence-electron chi connectivity index (χ3n) is 4.92. The van der Waals surface area contributed by atoms with Crippen molar-refractivity contribution in [1.29, 1.82) is 0 Å². The molecule has 0 saturated carbocycles. The number of hydrogen-bond acceptors (Lipinski definition) is 4. The molecule has 1 aliphatic heterocycles. The Bertz CT molecular complexity index is 1250. The average Bonchev–Trinajstić information content (AvgIpc) is 2.72. The highest BCUT2D eigenvalue weighted by atomic mass is 32.2. The van der Waals surface area contributed by atoms with E-state index in [1.165, 1.54) is 42.5 Å². The zero-order valence-corrected chi connectivity index (χ0v) is 16.2. The Morgan fingerprint density at radius 3 is 2.31 bits per heavy atom. The lowest BCUT2D eigenvalue weighted by molar-refractivity contribution is 0.0938. The lowest BCUT2D eigenvalue weighted by Crippen LogP contribution is -2.27. The molecule has 1 amide bonds. The number of carbonyl (C=O) groups excluding carboxylic acids is 2. The van der Waals surface area contributed by atoms with Gasteiger partial charge in [-0.3, -0.25) is 9.59 Å². The number of benzene rings is 3. The van der Waals surface area contributed by atoms with Gasteiger partial charge < -0.3 is 5.32 Å². The van der Waals surface area contributed by atoms with E-state index in [0.29, 0.717) is 5.56 Å². The molecule has 0 aliphatic carbocycles. The van der Waals surface area contributed by atoms with Crippen LogP contribution in [0.15, 0.2) is 76.5 Å². The van der Waals surface area contributed by atoms with Crippen LogP contribution in [0, 0.1) is 5.82 Å². The van der Waals surface area contributed by atoms with Crippen molar-refractivity contribution in [2.75, 3.05) is 0 Å². The number of sulfone groups is 1. The van der Waals surface area contributed by atoms with E-state index in [1.54, 1.807) is 31.2 Å². The first-order valence-corrected chi connectivity index (χ1v) is 10.4. The van der Waals surface area contributed by atoms with Crippen molar-refractivity contribution in [3.8, 4) is 0 Å². The van der Waals surface area contributed by atoms with Crippen LogP contribution in [0.2, 0.25) is 0 Å². The first-order valence-electron chi connectivity index (χ1n) is 8.88. The van der Waals surface area contributed by atoms with E-state index in [0.717, 1.165) is 0 Å². The van der Waals surface area contributed by atoms with Crippen molar-refractivity contribution in [2.45, 2.75) is 22.8 Å². The third-order valence-corrected chi connectivity index (χ3v) is 6.77. The van der Waals surface area contributed by atoms with E-state index in [4.69, 9.17) is 0 Å². The molecule has 0 spiro atoms. The van der Waals surface area contributed by atoms with Crippen LogP contribution in [0.5, 0.6) is 0 Å². The molecule has 0 radical (unpaired) electrons. The summed E-state index contributed by atoms with van der Waals surface area (Å²) in [5, 5.41) is 2.76. The molecule has 1 heterocycles. The summed E-state index contributed by atoms with van der Waals surface area (Å²) in [6.45, 7) is 1.74. The minimum absolute atomic E-state index is 0.0480. The maximum Gasteiger partial charge on any atom is 0.251 e. The van der Waals surface area contributed by atoms with Gasteiger partial charge in [0.15, 0.2) is 5.78 Å². The molecule has 0 saturated heterocycles. The standard InChI is InChI=1S/C22H16FNO4S/c1-13(14-6-9-16(23)10-7-14)24-22(26)15-8-11-18-20(12-15)29(27,28)19-5-3-2-4-17(19)21(18)25/h2-13H,1H3,(H,24,26). The van der Waals surface area contributed by atoms with Gasteiger partial charge in [-0.25, -0.2) is 12.8 Å². The summed E-state index contributed by atoms with van der Waals surface area (Å²) in [7, 11) is -3.92. The van der Waals surface area contributed by atoms with Crippen molar-refractivity contribution in [3.05, 3.63) is 94.8 Å². The fourth-order valence-corrected chi connectivity index (χ4v) is 5.02. The summed E-state index contributed by atoms with van der Waals surface area (Å²) in [5.41, 5.74) is 0.997. The Morgan fingerprint density at radius 2 is 1.59 bits per heavy atom. The van der Waals surface area contributed by atoms with Crippen LogP contribution < -0.4 is 5.32 Å². The third kappa shape index (κ3) is 3.23. The minimum atomic E-state index is -3.92. The Morgan fingerprint density at radius 1 is 0.931 bits per heavy atom. The highest BCUT2D eigenvalue weighted by Gasteiger charge is 2.35. The zero-order chi connectivity index (χ0) is 20.8. The van der Waals surface area contributed by atoms with Crippen molar-refractivity contribution in [3.63, 3.8) is 0 Å². The lowest BCUT2D eigenvalue weighted by Gasteiger charge is -2.20. The van der Waals surface area contributed by atoms with Gasteiger partial charge in [0.2, 0.25) is 9.84 Å². The molecule has 0 fully saturated rings. The quantitative estimate of drug-likeness (QED) is 0.560. The summed E-state index contributed by atoms with van der Waals surface area (Å²) < 4.78 is 39.0. The molecule has 3 aromatic carbocycles. The van der Waals surface area contributed by atoms with Crippen molar-refractivity contribution in [2.24, 2.45) is 0 Å². The van der Waals surface area contributed by atoms with Crippen LogP contribution in [0.25, 0.3) is 0 Å². The van der Waals surface area contributed by atoms with Gasteiger partial charge >= 0.3 is 0 Å². The highest BCUT2D eigenvalue weighted by Crippen LogP contribution is 2.34. The van der Waals surface area contributed by atoms with Crippen LogP contribution in [0.3, 0.4) is 0 Å². The van der Waals surface area contributed by atoms with Crippen LogP contribution in [0.1, 0.15) is 44.8 Å². The molecular weight excluding hydrogens is 393 g/mol. The number of fused-ring (bicyclic) bond motifs is 2. The SMILES string of the molecule is CC(NC(=O)c1ccc2c(c1)S(=O)(=O)c1ccccc1C2=O)c1ccc(F)cc1. The molecule has 1 atom stereocenters. The average molecular weight is 409 g/mol. The summed E-state index contributed by atoms with van der Waals surface area (Å²) in [4.78, 5) is 25.1. The zero-order valence-electron chi connectivity index (χ0n) is 15.3. The van der Waals surface area contributed by atoms with E-state index >= 15 is 0 Å². The predicted molar refractivity (Wildman–Crippen MR) is 104 cm³/mol. The van der Waals surface area contributed by atoms with Crippen LogP contribution in [-0.4, -0.2) is 20.1 Å². The summed E-state index contributed by atoms with van der Waals surface area (Å²) in [6.07, 6.45) is 0. The molecule has 5 nitrogen and oxygen atoms in total. The Labute approximate surface area is 167 Å². The van der Waals surface area contributed by atoms with Gasteiger partial charge in [-0.05, 0) is 55.0 Å². The Kier molecular flexibility index (Phi) is 4.55. The molecule has 1 unspecified atom stereocenters. The second kappa shape index (κ2) is 6.93. The second-order valence-corrected chi connectivity index (χ2v) is 8.67. The molecule has 0 aromatic heterocycles. The van der Waals surface area contributed by atoms with Gasteiger partial charge in [0.05, 0.1) is 15.8 Å². The summed E-state index contributed by atoms with van der Waals surface area (Å²) in [5.74, 6) is -1.26. The second-order valence-electron chi connectivity index (χ2n) is 6.79. The van der Waals surface area contributed by atoms with E-state index < -0.39 is 27.6 Å². The molecule has 0 bridgehead atoms. The predicted octanol–water partition coefficient (Wildman–Crippen LogP) is 3.69. The molecule has 3 aromatic rings.